The van der Waals surface area contributed by atoms with Gasteiger partial charge < -0.3 is 14.6 Å². The van der Waals surface area contributed by atoms with Crippen LogP contribution in [0.1, 0.15) is 30.7 Å². The molecular formula is C22H24BrN3O2. The van der Waals surface area contributed by atoms with Crippen LogP contribution in [-0.2, 0) is 22.5 Å². The first-order valence-electron chi connectivity index (χ1n) is 9.78. The van der Waals surface area contributed by atoms with Crippen LogP contribution in [0.3, 0.4) is 0 Å². The molecule has 1 amide bonds. The molecule has 28 heavy (non-hydrogen) atoms. The van der Waals surface area contributed by atoms with Gasteiger partial charge in [-0.2, -0.15) is 0 Å². The van der Waals surface area contributed by atoms with Crippen LogP contribution in [0.15, 0.2) is 53.0 Å². The highest BCUT2D eigenvalue weighted by Gasteiger charge is 2.22. The van der Waals surface area contributed by atoms with E-state index in [0.29, 0.717) is 13.2 Å². The molecule has 1 N–H and O–H groups in total. The zero-order valence-corrected chi connectivity index (χ0v) is 17.3. The molecule has 1 fully saturated rings. The second-order valence-corrected chi connectivity index (χ2v) is 8.04. The average molecular weight is 442 g/mol. The van der Waals surface area contributed by atoms with Gasteiger partial charge in [-0.1, -0.05) is 40.2 Å². The third-order valence-electron chi connectivity index (χ3n) is 5.09. The number of rotatable bonds is 7. The van der Waals surface area contributed by atoms with Gasteiger partial charge in [-0.3, -0.25) is 4.79 Å². The highest BCUT2D eigenvalue weighted by molar-refractivity contribution is 9.10. The summed E-state index contributed by atoms with van der Waals surface area (Å²) in [4.78, 5) is 16.9. The Hall–Kier alpha value is -2.18. The molecule has 0 radical (unpaired) electrons. The quantitative estimate of drug-likeness (QED) is 0.562. The van der Waals surface area contributed by atoms with E-state index < -0.39 is 0 Å². The molecule has 5 nitrogen and oxygen atoms in total. The van der Waals surface area contributed by atoms with Gasteiger partial charge in [0.05, 0.1) is 11.0 Å². The highest BCUT2D eigenvalue weighted by atomic mass is 79.9. The number of aryl methyl sites for hydroxylation is 1. The van der Waals surface area contributed by atoms with Crippen molar-refractivity contribution in [3.63, 3.8) is 0 Å². The fourth-order valence-electron chi connectivity index (χ4n) is 3.62. The van der Waals surface area contributed by atoms with Crippen LogP contribution < -0.4 is 5.32 Å². The van der Waals surface area contributed by atoms with E-state index in [4.69, 9.17) is 9.72 Å². The van der Waals surface area contributed by atoms with Crippen molar-refractivity contribution in [1.82, 2.24) is 14.9 Å². The van der Waals surface area contributed by atoms with Gasteiger partial charge in [0.2, 0.25) is 5.91 Å². The SMILES string of the molecule is O=C(NCCCc1nc2ccccc2n1Cc1ccc(Br)cc1)C1CCCO1. The molecule has 4 rings (SSSR count). The molecule has 0 aliphatic carbocycles. The minimum atomic E-state index is -0.262. The van der Waals surface area contributed by atoms with Crippen molar-refractivity contribution in [1.29, 1.82) is 0 Å². The normalized spacial score (nSPS) is 16.5. The summed E-state index contributed by atoms with van der Waals surface area (Å²) >= 11 is 3.49. The molecule has 2 aromatic carbocycles. The van der Waals surface area contributed by atoms with E-state index in [9.17, 15) is 4.79 Å². The molecule has 1 saturated heterocycles. The third kappa shape index (κ3) is 4.45. The number of carbonyl (C=O) groups is 1. The number of benzene rings is 2. The maximum absolute atomic E-state index is 12.1. The maximum Gasteiger partial charge on any atom is 0.249 e. The minimum Gasteiger partial charge on any atom is -0.368 e. The van der Waals surface area contributed by atoms with Crippen molar-refractivity contribution in [2.75, 3.05) is 13.2 Å². The summed E-state index contributed by atoms with van der Waals surface area (Å²) < 4.78 is 8.79. The predicted molar refractivity (Wildman–Crippen MR) is 113 cm³/mol. The molecule has 1 atom stereocenters. The van der Waals surface area contributed by atoms with Gasteiger partial charge in [-0.15, -0.1) is 0 Å². The molecule has 0 bridgehead atoms. The van der Waals surface area contributed by atoms with Gasteiger partial charge in [-0.05, 0) is 49.1 Å². The van der Waals surface area contributed by atoms with Crippen LogP contribution in [0.4, 0.5) is 0 Å². The largest absolute Gasteiger partial charge is 0.368 e. The summed E-state index contributed by atoms with van der Waals surface area (Å²) in [5.74, 6) is 1.07. The Bertz CT molecular complexity index is 946. The number of aromatic nitrogens is 2. The summed E-state index contributed by atoms with van der Waals surface area (Å²) in [6.45, 7) is 2.11. The number of fused-ring (bicyclic) bond motifs is 1. The topological polar surface area (TPSA) is 56.2 Å². The van der Waals surface area contributed by atoms with Gasteiger partial charge >= 0.3 is 0 Å². The van der Waals surface area contributed by atoms with Crippen LogP contribution >= 0.6 is 15.9 Å². The fraction of sp³-hybridized carbons (Fsp3) is 0.364. The molecule has 1 unspecified atom stereocenters. The first-order chi connectivity index (χ1) is 13.7. The van der Waals surface area contributed by atoms with E-state index in [2.05, 4.69) is 62.2 Å². The van der Waals surface area contributed by atoms with E-state index in [1.165, 1.54) is 5.56 Å². The summed E-state index contributed by atoms with van der Waals surface area (Å²) in [5, 5.41) is 3.00. The molecule has 3 aromatic rings. The first kappa shape index (κ1) is 19.2. The molecule has 1 aliphatic rings. The average Bonchev–Trinajstić information content (AvgIpc) is 3.36. The maximum atomic E-state index is 12.1. The van der Waals surface area contributed by atoms with Crippen molar-refractivity contribution < 1.29 is 9.53 Å². The lowest BCUT2D eigenvalue weighted by atomic mass is 10.2. The molecule has 1 aliphatic heterocycles. The van der Waals surface area contributed by atoms with Crippen molar-refractivity contribution in [3.8, 4) is 0 Å². The van der Waals surface area contributed by atoms with Crippen LogP contribution in [0, 0.1) is 0 Å². The van der Waals surface area contributed by atoms with E-state index in [1.807, 2.05) is 12.1 Å². The summed E-state index contributed by atoms with van der Waals surface area (Å²) in [6, 6.07) is 16.6. The zero-order valence-electron chi connectivity index (χ0n) is 15.7. The molecule has 0 spiro atoms. The zero-order chi connectivity index (χ0) is 19.3. The summed E-state index contributed by atoms with van der Waals surface area (Å²) in [5.41, 5.74) is 3.39. The number of nitrogens with zero attached hydrogens (tertiary/aromatic N) is 2. The monoisotopic (exact) mass is 441 g/mol. The van der Waals surface area contributed by atoms with E-state index in [-0.39, 0.29) is 12.0 Å². The molecule has 1 aromatic heterocycles. The number of amides is 1. The lowest BCUT2D eigenvalue weighted by Crippen LogP contribution is -2.34. The Morgan fingerprint density at radius 2 is 2.04 bits per heavy atom. The minimum absolute atomic E-state index is 0.0147. The van der Waals surface area contributed by atoms with Gasteiger partial charge in [-0.25, -0.2) is 4.98 Å². The Morgan fingerprint density at radius 1 is 1.21 bits per heavy atom. The third-order valence-corrected chi connectivity index (χ3v) is 5.61. The van der Waals surface area contributed by atoms with Gasteiger partial charge in [0.1, 0.15) is 11.9 Å². The number of imidazole rings is 1. The number of hydrogen-bond donors (Lipinski definition) is 1. The smallest absolute Gasteiger partial charge is 0.249 e. The molecule has 6 heteroatoms. The van der Waals surface area contributed by atoms with Crippen molar-refractivity contribution >= 4 is 32.9 Å². The van der Waals surface area contributed by atoms with Crippen molar-refractivity contribution in [2.45, 2.75) is 38.3 Å². The molecular weight excluding hydrogens is 418 g/mol. The van der Waals surface area contributed by atoms with E-state index in [0.717, 1.165) is 53.6 Å². The highest BCUT2D eigenvalue weighted by Crippen LogP contribution is 2.20. The molecule has 2 heterocycles. The lowest BCUT2D eigenvalue weighted by molar-refractivity contribution is -0.130. The van der Waals surface area contributed by atoms with Gasteiger partial charge in [0, 0.05) is 30.6 Å². The Labute approximate surface area is 173 Å². The van der Waals surface area contributed by atoms with Crippen LogP contribution in [0.2, 0.25) is 0 Å². The van der Waals surface area contributed by atoms with Gasteiger partial charge in [0.15, 0.2) is 0 Å². The van der Waals surface area contributed by atoms with Crippen molar-refractivity contribution in [2.24, 2.45) is 0 Å². The second kappa shape index (κ2) is 8.88. The summed E-state index contributed by atoms with van der Waals surface area (Å²) in [6.07, 6.45) is 3.20. The molecule has 146 valence electrons. The van der Waals surface area contributed by atoms with Crippen molar-refractivity contribution in [3.05, 3.63) is 64.4 Å². The number of halogens is 1. The van der Waals surface area contributed by atoms with Gasteiger partial charge in [0.25, 0.3) is 0 Å². The van der Waals surface area contributed by atoms with Crippen LogP contribution in [0.25, 0.3) is 11.0 Å². The Kier molecular flexibility index (Phi) is 6.07. The fourth-order valence-corrected chi connectivity index (χ4v) is 3.89. The summed E-state index contributed by atoms with van der Waals surface area (Å²) in [7, 11) is 0. The Morgan fingerprint density at radius 3 is 2.82 bits per heavy atom. The number of carbonyl (C=O) groups excluding carboxylic acids is 1. The first-order valence-corrected chi connectivity index (χ1v) is 10.6. The number of nitrogens with one attached hydrogen (secondary N) is 1. The van der Waals surface area contributed by atoms with E-state index >= 15 is 0 Å². The van der Waals surface area contributed by atoms with Crippen LogP contribution in [-0.4, -0.2) is 34.7 Å². The number of para-hydroxylation sites is 2. The predicted octanol–water partition coefficient (Wildman–Crippen LogP) is 4.07. The Balaban J connectivity index is 1.43. The number of hydrogen-bond acceptors (Lipinski definition) is 3. The standard InChI is InChI=1S/C22H24BrN3O2/c23-17-11-9-16(10-12-17)15-26-19-6-2-1-5-18(19)25-21(26)8-3-13-24-22(27)20-7-4-14-28-20/h1-2,5-6,9-12,20H,3-4,7-8,13-15H2,(H,24,27). The van der Waals surface area contributed by atoms with E-state index in [1.54, 1.807) is 0 Å². The number of ether oxygens (including phenoxy) is 1. The molecule has 0 saturated carbocycles. The lowest BCUT2D eigenvalue weighted by Gasteiger charge is -2.12. The van der Waals surface area contributed by atoms with Crippen LogP contribution in [0.5, 0.6) is 0 Å². The second-order valence-electron chi connectivity index (χ2n) is 7.13.